The number of urea groups is 1. The minimum absolute atomic E-state index is 0.154. The summed E-state index contributed by atoms with van der Waals surface area (Å²) < 4.78 is 11.9. The number of nitrogens with zero attached hydrogens (tertiary/aromatic N) is 2. The molecule has 7 nitrogen and oxygen atoms in total. The summed E-state index contributed by atoms with van der Waals surface area (Å²) in [4.78, 5) is 47.9. The Morgan fingerprint density at radius 3 is 2.15 bits per heavy atom. The predicted molar refractivity (Wildman–Crippen MR) is 138 cm³/mol. The number of amides is 3. The van der Waals surface area contributed by atoms with Crippen molar-refractivity contribution in [3.05, 3.63) is 62.5 Å². The lowest BCUT2D eigenvalue weighted by molar-refractivity contribution is -0.124. The number of imide groups is 1. The number of benzene rings is 2. The molecule has 0 saturated carbocycles. The highest BCUT2D eigenvalue weighted by Crippen LogP contribution is 2.38. The Labute approximate surface area is 217 Å². The van der Waals surface area contributed by atoms with Crippen LogP contribution >= 0.6 is 46.7 Å². The van der Waals surface area contributed by atoms with Crippen LogP contribution in [0.2, 0.25) is 10.0 Å². The number of hydrogen-bond donors (Lipinski definition) is 2. The molecule has 34 heavy (non-hydrogen) atoms. The van der Waals surface area contributed by atoms with Crippen molar-refractivity contribution in [2.45, 2.75) is 44.6 Å². The van der Waals surface area contributed by atoms with Gasteiger partial charge < -0.3 is 14.7 Å². The molecular weight excluding hydrogens is 566 g/mol. The van der Waals surface area contributed by atoms with Crippen molar-refractivity contribution in [1.82, 2.24) is 4.90 Å². The van der Waals surface area contributed by atoms with Crippen LogP contribution in [0.15, 0.2) is 46.9 Å². The van der Waals surface area contributed by atoms with Crippen LogP contribution in [0.4, 0.5) is 10.5 Å². The molecule has 1 aliphatic heterocycles. The summed E-state index contributed by atoms with van der Waals surface area (Å²) in [5.74, 6) is -0.361. The number of carbonyl (C=O) groups excluding carboxylic acids is 2. The Kier molecular flexibility index (Phi) is 8.88. The van der Waals surface area contributed by atoms with E-state index in [-0.39, 0.29) is 12.1 Å². The Balaban J connectivity index is 1.83. The third-order valence-electron chi connectivity index (χ3n) is 5.83. The van der Waals surface area contributed by atoms with E-state index in [1.807, 2.05) is 24.3 Å². The highest BCUT2D eigenvalue weighted by atomic mass is 79.9. The second-order valence-electron chi connectivity index (χ2n) is 8.58. The third kappa shape index (κ3) is 6.62. The van der Waals surface area contributed by atoms with E-state index in [0.29, 0.717) is 54.4 Å². The first-order valence-electron chi connectivity index (χ1n) is 10.8. The lowest BCUT2D eigenvalue weighted by atomic mass is 9.91. The maximum atomic E-state index is 13.7. The second-order valence-corrected chi connectivity index (χ2v) is 12.1. The maximum Gasteiger partial charge on any atom is 0.332 e. The molecule has 3 rings (SSSR count). The van der Waals surface area contributed by atoms with Crippen LogP contribution in [-0.2, 0) is 15.8 Å². The molecule has 0 bridgehead atoms. The van der Waals surface area contributed by atoms with E-state index in [4.69, 9.17) is 33.0 Å². The summed E-state index contributed by atoms with van der Waals surface area (Å²) in [6.07, 6.45) is 2.47. The van der Waals surface area contributed by atoms with E-state index in [1.54, 1.807) is 11.8 Å². The fourth-order valence-electron chi connectivity index (χ4n) is 4.13. The van der Waals surface area contributed by atoms with Crippen LogP contribution in [0.5, 0.6) is 0 Å². The quantitative estimate of drug-likeness (QED) is 0.193. The van der Waals surface area contributed by atoms with Crippen LogP contribution in [0.25, 0.3) is 0 Å². The van der Waals surface area contributed by atoms with E-state index in [9.17, 15) is 14.2 Å². The van der Waals surface area contributed by atoms with Gasteiger partial charge in [-0.15, -0.1) is 0 Å². The molecular formula is C23H26BrCl2N2O5P. The van der Waals surface area contributed by atoms with E-state index in [1.165, 1.54) is 18.2 Å². The Morgan fingerprint density at radius 1 is 0.971 bits per heavy atom. The summed E-state index contributed by atoms with van der Waals surface area (Å²) in [6.45, 7) is 2.09. The lowest BCUT2D eigenvalue weighted by Gasteiger charge is -2.32. The van der Waals surface area contributed by atoms with E-state index < -0.39 is 19.2 Å². The molecule has 2 aromatic rings. The molecule has 184 valence electrons. The number of carbonyl (C=O) groups is 2. The van der Waals surface area contributed by atoms with Crippen molar-refractivity contribution in [3.8, 4) is 0 Å². The summed E-state index contributed by atoms with van der Waals surface area (Å²) in [6, 6.07) is 11.8. The number of unbranched alkanes of at least 4 members (excludes halogenated alkanes) is 3. The molecule has 3 amide bonds. The molecule has 0 aromatic heterocycles. The minimum atomic E-state index is -4.01. The van der Waals surface area contributed by atoms with Gasteiger partial charge in [-0.1, -0.05) is 64.1 Å². The van der Waals surface area contributed by atoms with Gasteiger partial charge in [-0.25, -0.2) is 9.69 Å². The zero-order valence-corrected chi connectivity index (χ0v) is 22.6. The van der Waals surface area contributed by atoms with Crippen molar-refractivity contribution in [3.63, 3.8) is 0 Å². The molecule has 0 radical (unpaired) electrons. The van der Waals surface area contributed by atoms with E-state index in [0.717, 1.165) is 14.9 Å². The zero-order chi connectivity index (χ0) is 25.1. The topological polar surface area (TPSA) is 98.2 Å². The van der Waals surface area contributed by atoms with Gasteiger partial charge in [0.05, 0.1) is 5.69 Å². The minimum Gasteiger partial charge on any atom is -0.324 e. The van der Waals surface area contributed by atoms with Gasteiger partial charge in [-0.2, -0.15) is 0 Å². The van der Waals surface area contributed by atoms with Crippen molar-refractivity contribution >= 4 is 64.4 Å². The Morgan fingerprint density at radius 2 is 1.56 bits per heavy atom. The van der Waals surface area contributed by atoms with Gasteiger partial charge in [0.1, 0.15) is 5.54 Å². The third-order valence-corrected chi connectivity index (χ3v) is 7.69. The maximum absolute atomic E-state index is 13.7. The standard InChI is InChI=1S/C23H26BrCl2N2O5P/c1-23(15-16-6-8-17(24)9-7-16)21(29)28(20-13-18(25)12-19(26)14-20)22(30)27(23)10-4-2-3-5-11-34(31,32)33/h6-9,12-14H,2-5,10-11,15H2,1H3,(H2,31,32,33)/t23-/m1/s1. The Hall–Kier alpha value is -1.41. The molecule has 0 unspecified atom stereocenters. The second kappa shape index (κ2) is 11.1. The smallest absolute Gasteiger partial charge is 0.324 e. The molecule has 2 aromatic carbocycles. The van der Waals surface area contributed by atoms with Gasteiger partial charge in [-0.3, -0.25) is 9.36 Å². The average molecular weight is 592 g/mol. The number of rotatable bonds is 10. The van der Waals surface area contributed by atoms with Crippen LogP contribution in [0.3, 0.4) is 0 Å². The predicted octanol–water partition coefficient (Wildman–Crippen LogP) is 6.26. The van der Waals surface area contributed by atoms with Crippen molar-refractivity contribution in [1.29, 1.82) is 0 Å². The fraction of sp³-hybridized carbons (Fsp3) is 0.391. The molecule has 0 aliphatic carbocycles. The normalized spacial score (nSPS) is 18.8. The van der Waals surface area contributed by atoms with Gasteiger partial charge in [-0.05, 0) is 55.7 Å². The molecule has 1 atom stereocenters. The molecule has 11 heteroatoms. The summed E-state index contributed by atoms with van der Waals surface area (Å²) in [7, 11) is -4.01. The van der Waals surface area contributed by atoms with Crippen LogP contribution in [0, 0.1) is 0 Å². The van der Waals surface area contributed by atoms with E-state index >= 15 is 0 Å². The fourth-order valence-corrected chi connectivity index (χ4v) is 5.54. The highest BCUT2D eigenvalue weighted by molar-refractivity contribution is 9.10. The zero-order valence-electron chi connectivity index (χ0n) is 18.6. The van der Waals surface area contributed by atoms with Crippen molar-refractivity contribution in [2.75, 3.05) is 17.6 Å². The largest absolute Gasteiger partial charge is 0.332 e. The molecule has 1 saturated heterocycles. The highest BCUT2D eigenvalue weighted by Gasteiger charge is 2.54. The van der Waals surface area contributed by atoms with Crippen LogP contribution in [-0.4, -0.2) is 44.9 Å². The summed E-state index contributed by atoms with van der Waals surface area (Å²) >= 11 is 15.7. The van der Waals surface area contributed by atoms with Crippen molar-refractivity contribution in [2.24, 2.45) is 0 Å². The molecule has 1 fully saturated rings. The molecule has 1 aliphatic rings. The average Bonchev–Trinajstić information content (AvgIpc) is 2.90. The summed E-state index contributed by atoms with van der Waals surface area (Å²) in [5, 5.41) is 0.641. The first-order chi connectivity index (χ1) is 15.9. The lowest BCUT2D eigenvalue weighted by Crippen LogP contribution is -2.49. The Bertz CT molecular complexity index is 1090. The number of halogens is 3. The molecule has 1 heterocycles. The van der Waals surface area contributed by atoms with Gasteiger partial charge in [0.25, 0.3) is 5.91 Å². The van der Waals surface area contributed by atoms with E-state index in [2.05, 4.69) is 15.9 Å². The van der Waals surface area contributed by atoms with Crippen LogP contribution in [0.1, 0.15) is 38.2 Å². The molecule has 0 spiro atoms. The van der Waals surface area contributed by atoms with Gasteiger partial charge >= 0.3 is 13.6 Å². The molecule has 2 N–H and O–H groups in total. The van der Waals surface area contributed by atoms with Gasteiger partial charge in [0.15, 0.2) is 0 Å². The number of anilines is 1. The van der Waals surface area contributed by atoms with Gasteiger partial charge in [0.2, 0.25) is 0 Å². The first kappa shape index (κ1) is 27.2. The monoisotopic (exact) mass is 590 g/mol. The summed E-state index contributed by atoms with van der Waals surface area (Å²) in [5.41, 5.74) is 0.106. The van der Waals surface area contributed by atoms with Crippen molar-refractivity contribution < 1.29 is 23.9 Å². The number of hydrogen-bond acceptors (Lipinski definition) is 3. The van der Waals surface area contributed by atoms with Gasteiger partial charge in [0, 0.05) is 33.6 Å². The first-order valence-corrected chi connectivity index (χ1v) is 14.2. The van der Waals surface area contributed by atoms with Crippen LogP contribution < -0.4 is 4.90 Å². The SMILES string of the molecule is C[C@@]1(Cc2ccc(Br)cc2)C(=O)N(c2cc(Cl)cc(Cl)c2)C(=O)N1CCCCCCP(=O)(O)O.